The maximum Gasteiger partial charge on any atom is 0.0995 e. The quantitative estimate of drug-likeness (QED) is 0.880. The molecule has 2 rings (SSSR count). The molecule has 1 heterocycles. The molecule has 1 saturated heterocycles. The van der Waals surface area contributed by atoms with Crippen molar-refractivity contribution in [3.05, 3.63) is 35.4 Å². The fourth-order valence-electron chi connectivity index (χ4n) is 2.66. The smallest absolute Gasteiger partial charge is 0.0995 e. The van der Waals surface area contributed by atoms with Gasteiger partial charge >= 0.3 is 0 Å². The van der Waals surface area contributed by atoms with Crippen LogP contribution in [0.3, 0.4) is 0 Å². The van der Waals surface area contributed by atoms with Crippen LogP contribution in [-0.2, 0) is 6.54 Å². The zero-order chi connectivity index (χ0) is 12.8. The van der Waals surface area contributed by atoms with Crippen LogP contribution in [0.2, 0.25) is 0 Å². The Kier molecular flexibility index (Phi) is 4.74. The molecule has 0 aliphatic carbocycles. The van der Waals surface area contributed by atoms with Gasteiger partial charge in [-0.2, -0.15) is 5.26 Å². The van der Waals surface area contributed by atoms with Crippen LogP contribution in [-0.4, -0.2) is 30.6 Å². The van der Waals surface area contributed by atoms with Crippen molar-refractivity contribution in [3.8, 4) is 6.07 Å². The predicted octanol–water partition coefficient (Wildman–Crippen LogP) is 2.13. The molecule has 1 aliphatic heterocycles. The van der Waals surface area contributed by atoms with Crippen molar-refractivity contribution in [1.82, 2.24) is 10.2 Å². The molecule has 0 saturated carbocycles. The molecule has 3 nitrogen and oxygen atoms in total. The van der Waals surface area contributed by atoms with Gasteiger partial charge in [0.15, 0.2) is 0 Å². The number of rotatable bonds is 4. The summed E-state index contributed by atoms with van der Waals surface area (Å²) in [7, 11) is 0. The molecule has 1 aliphatic rings. The van der Waals surface area contributed by atoms with Gasteiger partial charge in [0, 0.05) is 12.6 Å². The lowest BCUT2D eigenvalue weighted by Crippen LogP contribution is -2.42. The normalized spacial score (nSPS) is 16.7. The van der Waals surface area contributed by atoms with Crippen molar-refractivity contribution in [1.29, 1.82) is 5.26 Å². The first-order chi connectivity index (χ1) is 8.85. The Bertz CT molecular complexity index is 416. The topological polar surface area (TPSA) is 39.1 Å². The minimum Gasteiger partial charge on any atom is -0.317 e. The van der Waals surface area contributed by atoms with Crippen LogP contribution in [0.1, 0.15) is 30.9 Å². The van der Waals surface area contributed by atoms with E-state index in [1.54, 1.807) is 0 Å². The first-order valence-electron chi connectivity index (χ1n) is 6.78. The predicted molar refractivity (Wildman–Crippen MR) is 73.1 cm³/mol. The van der Waals surface area contributed by atoms with Gasteiger partial charge in [0.1, 0.15) is 0 Å². The molecule has 0 unspecified atom stereocenters. The molecule has 18 heavy (non-hydrogen) atoms. The van der Waals surface area contributed by atoms with Crippen molar-refractivity contribution in [3.63, 3.8) is 0 Å². The number of nitriles is 1. The summed E-state index contributed by atoms with van der Waals surface area (Å²) in [6.45, 7) is 6.37. The second-order valence-corrected chi connectivity index (χ2v) is 4.81. The Morgan fingerprint density at radius 3 is 2.72 bits per heavy atom. The fraction of sp³-hybridized carbons (Fsp3) is 0.533. The van der Waals surface area contributed by atoms with E-state index in [-0.39, 0.29) is 0 Å². The summed E-state index contributed by atoms with van der Waals surface area (Å²) < 4.78 is 0. The van der Waals surface area contributed by atoms with E-state index >= 15 is 0 Å². The monoisotopic (exact) mass is 243 g/mol. The SMILES string of the molecule is CCN(Cc1ccccc1C#N)C1CCNCC1. The zero-order valence-electron chi connectivity index (χ0n) is 11.0. The van der Waals surface area contributed by atoms with Crippen molar-refractivity contribution >= 4 is 0 Å². The summed E-state index contributed by atoms with van der Waals surface area (Å²) >= 11 is 0. The van der Waals surface area contributed by atoms with Gasteiger partial charge in [0.2, 0.25) is 0 Å². The van der Waals surface area contributed by atoms with Crippen LogP contribution in [0.4, 0.5) is 0 Å². The van der Waals surface area contributed by atoms with Gasteiger partial charge in [-0.1, -0.05) is 25.1 Å². The molecule has 0 atom stereocenters. The summed E-state index contributed by atoms with van der Waals surface area (Å²) in [4.78, 5) is 2.50. The second-order valence-electron chi connectivity index (χ2n) is 4.81. The lowest BCUT2D eigenvalue weighted by molar-refractivity contribution is 0.162. The standard InChI is InChI=1S/C15H21N3/c1-2-18(15-7-9-17-10-8-15)12-14-6-4-3-5-13(14)11-16/h3-6,15,17H,2,7-10,12H2,1H3. The van der Waals surface area contributed by atoms with Crippen molar-refractivity contribution in [2.75, 3.05) is 19.6 Å². The molecule has 1 aromatic rings. The molecular formula is C15H21N3. The van der Waals surface area contributed by atoms with Crippen LogP contribution in [0.5, 0.6) is 0 Å². The number of hydrogen-bond donors (Lipinski definition) is 1. The molecule has 96 valence electrons. The molecular weight excluding hydrogens is 222 g/mol. The van der Waals surface area contributed by atoms with E-state index in [9.17, 15) is 0 Å². The van der Waals surface area contributed by atoms with Crippen LogP contribution in [0.25, 0.3) is 0 Å². The van der Waals surface area contributed by atoms with Gasteiger partial charge in [-0.05, 0) is 44.1 Å². The van der Waals surface area contributed by atoms with Crippen molar-refractivity contribution in [2.45, 2.75) is 32.4 Å². The lowest BCUT2D eigenvalue weighted by Gasteiger charge is -2.34. The summed E-state index contributed by atoms with van der Waals surface area (Å²) in [6.07, 6.45) is 2.42. The Labute approximate surface area is 109 Å². The van der Waals surface area contributed by atoms with Crippen LogP contribution < -0.4 is 5.32 Å². The number of hydrogen-bond acceptors (Lipinski definition) is 3. The molecule has 0 spiro atoms. The molecule has 0 radical (unpaired) electrons. The highest BCUT2D eigenvalue weighted by Gasteiger charge is 2.20. The van der Waals surface area contributed by atoms with Gasteiger partial charge in [-0.15, -0.1) is 0 Å². The lowest BCUT2D eigenvalue weighted by atomic mass is 10.0. The Hall–Kier alpha value is -1.37. The average Bonchev–Trinajstić information content (AvgIpc) is 2.46. The summed E-state index contributed by atoms with van der Waals surface area (Å²) in [5.41, 5.74) is 1.96. The third kappa shape index (κ3) is 3.10. The van der Waals surface area contributed by atoms with E-state index in [0.29, 0.717) is 6.04 Å². The minimum absolute atomic E-state index is 0.656. The van der Waals surface area contributed by atoms with Gasteiger partial charge in [-0.25, -0.2) is 0 Å². The van der Waals surface area contributed by atoms with E-state index < -0.39 is 0 Å². The van der Waals surface area contributed by atoms with E-state index in [0.717, 1.165) is 37.3 Å². The summed E-state index contributed by atoms with van der Waals surface area (Å²) in [5, 5.41) is 12.5. The Morgan fingerprint density at radius 1 is 1.33 bits per heavy atom. The number of nitrogens with one attached hydrogen (secondary N) is 1. The summed E-state index contributed by atoms with van der Waals surface area (Å²) in [5.74, 6) is 0. The third-order valence-electron chi connectivity index (χ3n) is 3.74. The molecule has 1 N–H and O–H groups in total. The number of benzene rings is 1. The van der Waals surface area contributed by atoms with E-state index in [1.165, 1.54) is 12.8 Å². The van der Waals surface area contributed by atoms with Crippen LogP contribution >= 0.6 is 0 Å². The zero-order valence-corrected chi connectivity index (χ0v) is 11.0. The van der Waals surface area contributed by atoms with Gasteiger partial charge in [0.25, 0.3) is 0 Å². The minimum atomic E-state index is 0.656. The van der Waals surface area contributed by atoms with E-state index in [1.807, 2.05) is 18.2 Å². The Morgan fingerprint density at radius 2 is 2.06 bits per heavy atom. The van der Waals surface area contributed by atoms with Crippen molar-refractivity contribution < 1.29 is 0 Å². The van der Waals surface area contributed by atoms with Crippen LogP contribution in [0, 0.1) is 11.3 Å². The van der Waals surface area contributed by atoms with Gasteiger partial charge in [-0.3, -0.25) is 4.90 Å². The molecule has 1 aromatic carbocycles. The maximum absolute atomic E-state index is 9.14. The first kappa shape index (κ1) is 13.1. The number of nitrogens with zero attached hydrogens (tertiary/aromatic N) is 2. The third-order valence-corrected chi connectivity index (χ3v) is 3.74. The van der Waals surface area contributed by atoms with Gasteiger partial charge in [0.05, 0.1) is 11.6 Å². The van der Waals surface area contributed by atoms with Crippen molar-refractivity contribution in [2.24, 2.45) is 0 Å². The number of piperidine rings is 1. The van der Waals surface area contributed by atoms with Crippen LogP contribution in [0.15, 0.2) is 24.3 Å². The fourth-order valence-corrected chi connectivity index (χ4v) is 2.66. The largest absolute Gasteiger partial charge is 0.317 e. The van der Waals surface area contributed by atoms with E-state index in [4.69, 9.17) is 5.26 Å². The highest BCUT2D eigenvalue weighted by Crippen LogP contribution is 2.17. The molecule has 3 heteroatoms. The maximum atomic E-state index is 9.14. The van der Waals surface area contributed by atoms with E-state index in [2.05, 4.69) is 29.3 Å². The Balaban J connectivity index is 2.07. The highest BCUT2D eigenvalue weighted by molar-refractivity contribution is 5.37. The van der Waals surface area contributed by atoms with Gasteiger partial charge < -0.3 is 5.32 Å². The average molecular weight is 243 g/mol. The molecule has 0 bridgehead atoms. The summed E-state index contributed by atoms with van der Waals surface area (Å²) in [6, 6.07) is 10.9. The molecule has 1 fully saturated rings. The molecule has 0 aromatic heterocycles. The second kappa shape index (κ2) is 6.53. The molecule has 0 amide bonds. The first-order valence-corrected chi connectivity index (χ1v) is 6.78. The highest BCUT2D eigenvalue weighted by atomic mass is 15.2.